The minimum atomic E-state index is -0.624. The molecule has 0 unspecified atom stereocenters. The van der Waals surface area contributed by atoms with E-state index in [4.69, 9.17) is 16.4 Å². The molecule has 2 aromatic carbocycles. The fraction of sp³-hybridized carbons (Fsp3) is 0.111. The predicted octanol–water partition coefficient (Wildman–Crippen LogP) is 2.79. The summed E-state index contributed by atoms with van der Waals surface area (Å²) < 4.78 is 8.50. The fourth-order valence-electron chi connectivity index (χ4n) is 2.57. The topological polar surface area (TPSA) is 111 Å². The van der Waals surface area contributed by atoms with Gasteiger partial charge in [-0.05, 0) is 36.8 Å². The molecule has 0 atom stereocenters. The summed E-state index contributed by atoms with van der Waals surface area (Å²) in [6.07, 6.45) is 1.81. The molecule has 0 radical (unpaired) electrons. The van der Waals surface area contributed by atoms with Crippen molar-refractivity contribution in [2.45, 2.75) is 13.5 Å². The normalized spacial score (nSPS) is 10.5. The second kappa shape index (κ2) is 8.21. The molecule has 1 heterocycles. The molecule has 0 aliphatic heterocycles. The summed E-state index contributed by atoms with van der Waals surface area (Å²) >= 11 is 3.44. The van der Waals surface area contributed by atoms with Gasteiger partial charge < -0.3 is 4.74 Å². The van der Waals surface area contributed by atoms with E-state index in [1.165, 1.54) is 0 Å². The van der Waals surface area contributed by atoms with Crippen LogP contribution < -0.4 is 26.9 Å². The highest BCUT2D eigenvalue weighted by Crippen LogP contribution is 2.24. The molecule has 0 spiro atoms. The molecule has 27 heavy (non-hydrogen) atoms. The molecule has 8 nitrogen and oxygen atoms in total. The third-order valence-corrected chi connectivity index (χ3v) is 4.48. The first-order chi connectivity index (χ1) is 13.0. The quantitative estimate of drug-likeness (QED) is 0.327. The molecule has 0 aliphatic carbocycles. The molecule has 3 aromatic rings. The van der Waals surface area contributed by atoms with Crippen LogP contribution in [0.25, 0.3) is 5.69 Å². The smallest absolute Gasteiger partial charge is 0.350 e. The highest BCUT2D eigenvalue weighted by atomic mass is 79.9. The van der Waals surface area contributed by atoms with Crippen LogP contribution >= 0.6 is 15.9 Å². The number of ether oxygens (including phenoxy) is 1. The molecule has 0 aliphatic rings. The van der Waals surface area contributed by atoms with Gasteiger partial charge in [0.15, 0.2) is 0 Å². The summed E-state index contributed by atoms with van der Waals surface area (Å²) in [5, 5.41) is 5.37. The minimum absolute atomic E-state index is 0.197. The van der Waals surface area contributed by atoms with Crippen LogP contribution in [0.4, 0.5) is 10.5 Å². The molecule has 2 amide bonds. The highest BCUT2D eigenvalue weighted by Gasteiger charge is 2.16. The Kier molecular flexibility index (Phi) is 5.75. The van der Waals surface area contributed by atoms with E-state index in [0.717, 1.165) is 26.3 Å². The number of nitrogens with zero attached hydrogens (tertiary/aromatic N) is 3. The lowest BCUT2D eigenvalue weighted by atomic mass is 10.1. The third kappa shape index (κ3) is 4.27. The Hall–Kier alpha value is -2.88. The number of aromatic nitrogens is 2. The van der Waals surface area contributed by atoms with E-state index < -0.39 is 6.03 Å². The number of anilines is 1. The lowest BCUT2D eigenvalue weighted by Gasteiger charge is -2.20. The van der Waals surface area contributed by atoms with Gasteiger partial charge in [-0.15, -0.1) is 5.10 Å². The minimum Gasteiger partial charge on any atom is -0.472 e. The van der Waals surface area contributed by atoms with Crippen molar-refractivity contribution in [2.24, 2.45) is 11.7 Å². The SMILES string of the molecule is Cc1cccc(N(N)C(=O)NN)c1COc1ccn(-c2cccc(Br)c2)n1. The van der Waals surface area contributed by atoms with Gasteiger partial charge in [-0.3, -0.25) is 5.43 Å². The average Bonchev–Trinajstić information content (AvgIpc) is 3.14. The van der Waals surface area contributed by atoms with Crippen LogP contribution in [0, 0.1) is 6.92 Å². The number of hydrogen-bond donors (Lipinski definition) is 3. The summed E-state index contributed by atoms with van der Waals surface area (Å²) in [7, 11) is 0. The van der Waals surface area contributed by atoms with Crippen molar-refractivity contribution in [3.63, 3.8) is 0 Å². The van der Waals surface area contributed by atoms with Crippen molar-refractivity contribution < 1.29 is 9.53 Å². The number of nitrogens with two attached hydrogens (primary N) is 2. The van der Waals surface area contributed by atoms with Crippen molar-refractivity contribution >= 4 is 27.6 Å². The van der Waals surface area contributed by atoms with Crippen molar-refractivity contribution in [3.05, 3.63) is 70.3 Å². The molecular formula is C18H19BrN6O2. The van der Waals surface area contributed by atoms with Gasteiger partial charge >= 0.3 is 6.03 Å². The molecule has 0 saturated heterocycles. The van der Waals surface area contributed by atoms with Crippen molar-refractivity contribution in [2.75, 3.05) is 5.01 Å². The van der Waals surface area contributed by atoms with E-state index in [2.05, 4.69) is 21.0 Å². The molecular weight excluding hydrogens is 412 g/mol. The maximum atomic E-state index is 11.7. The Bertz CT molecular complexity index is 959. The van der Waals surface area contributed by atoms with Gasteiger partial charge in [-0.1, -0.05) is 34.1 Å². The summed E-state index contributed by atoms with van der Waals surface area (Å²) in [6, 6.07) is 14.4. The maximum Gasteiger partial charge on any atom is 0.350 e. The second-order valence-electron chi connectivity index (χ2n) is 5.76. The number of hydrazine groups is 2. The Morgan fingerprint density at radius 3 is 2.81 bits per heavy atom. The molecule has 9 heteroatoms. The number of urea groups is 1. The van der Waals surface area contributed by atoms with Crippen molar-refractivity contribution in [3.8, 4) is 11.6 Å². The van der Waals surface area contributed by atoms with Crippen molar-refractivity contribution in [1.82, 2.24) is 15.2 Å². The van der Waals surface area contributed by atoms with Gasteiger partial charge in [0.25, 0.3) is 0 Å². The Morgan fingerprint density at radius 1 is 1.30 bits per heavy atom. The standard InChI is InChI=1S/C18H19BrN6O2/c1-12-4-2-7-16(25(21)18(26)22-20)15(12)11-27-17-8-9-24(23-17)14-6-3-5-13(19)10-14/h2-10H,11,20-21H2,1H3,(H,22,26). The summed E-state index contributed by atoms with van der Waals surface area (Å²) in [5.41, 5.74) is 5.12. The number of carbonyl (C=O) groups excluding carboxylic acids is 1. The largest absolute Gasteiger partial charge is 0.472 e. The summed E-state index contributed by atoms with van der Waals surface area (Å²) in [5.74, 6) is 11.5. The van der Waals surface area contributed by atoms with Gasteiger partial charge in [0.2, 0.25) is 5.88 Å². The molecule has 3 rings (SSSR count). The average molecular weight is 431 g/mol. The fourth-order valence-corrected chi connectivity index (χ4v) is 2.96. The second-order valence-corrected chi connectivity index (χ2v) is 6.67. The number of rotatable bonds is 5. The summed E-state index contributed by atoms with van der Waals surface area (Å²) in [4.78, 5) is 11.7. The first kappa shape index (κ1) is 18.9. The first-order valence-corrected chi connectivity index (χ1v) is 8.87. The van der Waals surface area contributed by atoms with E-state index in [0.29, 0.717) is 11.6 Å². The molecule has 140 valence electrons. The zero-order chi connectivity index (χ0) is 19.4. The Labute approximate surface area is 164 Å². The number of amides is 2. The monoisotopic (exact) mass is 430 g/mol. The number of halogens is 1. The van der Waals surface area contributed by atoms with E-state index in [1.807, 2.05) is 48.9 Å². The van der Waals surface area contributed by atoms with Crippen molar-refractivity contribution in [1.29, 1.82) is 0 Å². The van der Waals surface area contributed by atoms with Gasteiger partial charge in [-0.25, -0.2) is 26.2 Å². The number of carbonyl (C=O) groups is 1. The molecule has 0 fully saturated rings. The third-order valence-electron chi connectivity index (χ3n) is 3.99. The van der Waals surface area contributed by atoms with Gasteiger partial charge in [0.05, 0.1) is 11.4 Å². The van der Waals surface area contributed by atoms with Gasteiger partial charge in [-0.2, -0.15) is 0 Å². The van der Waals surface area contributed by atoms with Gasteiger partial charge in [0, 0.05) is 22.3 Å². The van der Waals surface area contributed by atoms with Crippen LogP contribution in [0.5, 0.6) is 5.88 Å². The molecule has 0 saturated carbocycles. The molecule has 0 bridgehead atoms. The van der Waals surface area contributed by atoms with E-state index >= 15 is 0 Å². The Morgan fingerprint density at radius 2 is 2.07 bits per heavy atom. The van der Waals surface area contributed by atoms with Crippen LogP contribution in [-0.4, -0.2) is 15.8 Å². The lowest BCUT2D eigenvalue weighted by Crippen LogP contribution is -2.48. The number of hydrogen-bond acceptors (Lipinski definition) is 5. The van der Waals surface area contributed by atoms with Crippen LogP contribution in [0.3, 0.4) is 0 Å². The van der Waals surface area contributed by atoms with E-state index in [9.17, 15) is 4.79 Å². The lowest BCUT2D eigenvalue weighted by molar-refractivity contribution is 0.246. The Balaban J connectivity index is 1.79. The zero-order valence-corrected chi connectivity index (χ0v) is 16.2. The molecule has 5 N–H and O–H groups in total. The predicted molar refractivity (Wildman–Crippen MR) is 106 cm³/mol. The van der Waals surface area contributed by atoms with Gasteiger partial charge in [0.1, 0.15) is 6.61 Å². The first-order valence-electron chi connectivity index (χ1n) is 8.08. The molecule has 1 aromatic heterocycles. The van der Waals surface area contributed by atoms with Crippen LogP contribution in [0.2, 0.25) is 0 Å². The number of benzene rings is 2. The highest BCUT2D eigenvalue weighted by molar-refractivity contribution is 9.10. The maximum absolute atomic E-state index is 11.7. The van der Waals surface area contributed by atoms with Crippen LogP contribution in [-0.2, 0) is 6.61 Å². The van der Waals surface area contributed by atoms with E-state index in [1.54, 1.807) is 22.9 Å². The van der Waals surface area contributed by atoms with Crippen LogP contribution in [0.15, 0.2) is 59.2 Å². The zero-order valence-electron chi connectivity index (χ0n) is 14.6. The number of nitrogens with one attached hydrogen (secondary N) is 1. The van der Waals surface area contributed by atoms with Crippen LogP contribution in [0.1, 0.15) is 11.1 Å². The van der Waals surface area contributed by atoms with E-state index in [-0.39, 0.29) is 6.61 Å². The number of aryl methyl sites for hydroxylation is 1. The summed E-state index contributed by atoms with van der Waals surface area (Å²) in [6.45, 7) is 2.11.